The summed E-state index contributed by atoms with van der Waals surface area (Å²) < 4.78 is 11.0. The van der Waals surface area contributed by atoms with Gasteiger partial charge in [-0.3, -0.25) is 4.79 Å². The van der Waals surface area contributed by atoms with Gasteiger partial charge in [0.1, 0.15) is 6.10 Å². The van der Waals surface area contributed by atoms with Gasteiger partial charge in [0, 0.05) is 6.54 Å². The van der Waals surface area contributed by atoms with E-state index in [2.05, 4.69) is 0 Å². The zero-order valence-electron chi connectivity index (χ0n) is 9.15. The molecule has 2 heterocycles. The number of ether oxygens (including phenoxy) is 2. The molecule has 4 atom stereocenters. The molecule has 0 aromatic carbocycles. The molecule has 4 unspecified atom stereocenters. The molecule has 0 aliphatic carbocycles. The third-order valence-corrected chi connectivity index (χ3v) is 3.41. The molecule has 2 fully saturated rings. The first-order valence-corrected chi connectivity index (χ1v) is 5.80. The number of esters is 1. The van der Waals surface area contributed by atoms with Crippen molar-refractivity contribution in [3.05, 3.63) is 0 Å². The topological polar surface area (TPSA) is 61.5 Å². The molecule has 0 radical (unpaired) electrons. The maximum atomic E-state index is 11.8. The van der Waals surface area contributed by atoms with Gasteiger partial charge in [-0.1, -0.05) is 6.92 Å². The second-order valence-electron chi connectivity index (χ2n) is 4.42. The highest BCUT2D eigenvalue weighted by atomic mass is 16.6. The number of hydrogen-bond donors (Lipinski definition) is 1. The van der Waals surface area contributed by atoms with E-state index < -0.39 is 0 Å². The summed E-state index contributed by atoms with van der Waals surface area (Å²) in [4.78, 5) is 11.8. The van der Waals surface area contributed by atoms with E-state index in [4.69, 9.17) is 15.2 Å². The van der Waals surface area contributed by atoms with E-state index in [1.807, 2.05) is 6.92 Å². The monoisotopic (exact) mass is 213 g/mol. The van der Waals surface area contributed by atoms with Crippen LogP contribution in [0.25, 0.3) is 0 Å². The maximum Gasteiger partial charge on any atom is 0.311 e. The Morgan fingerprint density at radius 2 is 2.40 bits per heavy atom. The highest BCUT2D eigenvalue weighted by Gasteiger charge is 2.45. The Bertz CT molecular complexity index is 240. The second-order valence-corrected chi connectivity index (χ2v) is 4.42. The summed E-state index contributed by atoms with van der Waals surface area (Å²) in [6, 6.07) is 0. The predicted octanol–water partition coefficient (Wildman–Crippen LogP) is 0.834. The van der Waals surface area contributed by atoms with Crippen LogP contribution in [0.15, 0.2) is 0 Å². The van der Waals surface area contributed by atoms with Gasteiger partial charge in [0.05, 0.1) is 18.1 Å². The normalized spacial score (nSPS) is 35.5. The summed E-state index contributed by atoms with van der Waals surface area (Å²) in [6.07, 6.45) is 4.00. The summed E-state index contributed by atoms with van der Waals surface area (Å²) in [5, 5.41) is 0. The minimum atomic E-state index is -0.128. The molecule has 4 nitrogen and oxygen atoms in total. The number of nitrogens with two attached hydrogens (primary N) is 1. The van der Waals surface area contributed by atoms with Crippen molar-refractivity contribution >= 4 is 5.97 Å². The predicted molar refractivity (Wildman–Crippen MR) is 55.2 cm³/mol. The molecule has 0 saturated carbocycles. The maximum absolute atomic E-state index is 11.8. The van der Waals surface area contributed by atoms with Crippen LogP contribution in [0.3, 0.4) is 0 Å². The first-order valence-electron chi connectivity index (χ1n) is 5.80. The molecular weight excluding hydrogens is 194 g/mol. The van der Waals surface area contributed by atoms with E-state index in [-0.39, 0.29) is 24.1 Å². The minimum Gasteiger partial charge on any atom is -0.461 e. The first-order chi connectivity index (χ1) is 7.24. The van der Waals surface area contributed by atoms with Crippen LogP contribution < -0.4 is 5.73 Å². The third kappa shape index (κ3) is 2.16. The summed E-state index contributed by atoms with van der Waals surface area (Å²) in [6.45, 7) is 2.38. The Morgan fingerprint density at radius 1 is 1.60 bits per heavy atom. The van der Waals surface area contributed by atoms with Crippen LogP contribution in [0.2, 0.25) is 0 Å². The number of rotatable bonds is 4. The van der Waals surface area contributed by atoms with Gasteiger partial charge in [-0.15, -0.1) is 0 Å². The van der Waals surface area contributed by atoms with Crippen LogP contribution in [-0.2, 0) is 14.3 Å². The average molecular weight is 213 g/mol. The summed E-state index contributed by atoms with van der Waals surface area (Å²) in [5.74, 6) is -0.149. The fourth-order valence-electron chi connectivity index (χ4n) is 2.44. The van der Waals surface area contributed by atoms with E-state index >= 15 is 0 Å². The Labute approximate surface area is 90.1 Å². The second kappa shape index (κ2) is 4.49. The van der Waals surface area contributed by atoms with Crippen molar-refractivity contribution in [2.45, 2.75) is 50.9 Å². The lowest BCUT2D eigenvalue weighted by molar-refractivity contribution is -0.155. The summed E-state index contributed by atoms with van der Waals surface area (Å²) >= 11 is 0. The third-order valence-electron chi connectivity index (χ3n) is 3.41. The van der Waals surface area contributed by atoms with Crippen molar-refractivity contribution in [1.29, 1.82) is 0 Å². The molecule has 2 aliphatic rings. The smallest absolute Gasteiger partial charge is 0.311 e. The van der Waals surface area contributed by atoms with E-state index in [1.165, 1.54) is 0 Å². The Hall–Kier alpha value is -0.610. The highest BCUT2D eigenvalue weighted by molar-refractivity contribution is 5.74. The number of hydrogen-bond acceptors (Lipinski definition) is 4. The van der Waals surface area contributed by atoms with E-state index in [9.17, 15) is 4.79 Å². The fraction of sp³-hybridized carbons (Fsp3) is 0.909. The Balaban J connectivity index is 1.86. The van der Waals surface area contributed by atoms with Crippen molar-refractivity contribution in [3.8, 4) is 0 Å². The fourth-order valence-corrected chi connectivity index (χ4v) is 2.44. The Morgan fingerprint density at radius 3 is 2.87 bits per heavy atom. The van der Waals surface area contributed by atoms with E-state index in [0.717, 1.165) is 25.7 Å². The average Bonchev–Trinajstić information content (AvgIpc) is 2.87. The SMILES string of the molecule is CCC(CN)OC(=O)C1CC2CCC1O2. The van der Waals surface area contributed by atoms with Gasteiger partial charge >= 0.3 is 5.97 Å². The quantitative estimate of drug-likeness (QED) is 0.703. The molecule has 86 valence electrons. The minimum absolute atomic E-state index is 0.0376. The van der Waals surface area contributed by atoms with Crippen molar-refractivity contribution in [2.24, 2.45) is 11.7 Å². The van der Waals surface area contributed by atoms with E-state index in [1.54, 1.807) is 0 Å². The van der Waals surface area contributed by atoms with Gasteiger partial charge in [-0.2, -0.15) is 0 Å². The molecule has 2 aliphatic heterocycles. The van der Waals surface area contributed by atoms with Gasteiger partial charge in [0.2, 0.25) is 0 Å². The lowest BCUT2D eigenvalue weighted by Crippen LogP contribution is -2.33. The number of carbonyl (C=O) groups is 1. The van der Waals surface area contributed by atoms with Crippen LogP contribution in [0, 0.1) is 5.92 Å². The molecular formula is C11H19NO3. The Kier molecular flexibility index (Phi) is 3.26. The van der Waals surface area contributed by atoms with Gasteiger partial charge in [-0.05, 0) is 25.7 Å². The van der Waals surface area contributed by atoms with Crippen LogP contribution in [0.4, 0.5) is 0 Å². The lowest BCUT2D eigenvalue weighted by atomic mass is 9.89. The molecule has 2 N–H and O–H groups in total. The molecule has 0 aromatic rings. The number of carbonyl (C=O) groups excluding carboxylic acids is 1. The van der Waals surface area contributed by atoms with Crippen molar-refractivity contribution < 1.29 is 14.3 Å². The first kappa shape index (κ1) is 10.9. The van der Waals surface area contributed by atoms with Gasteiger partial charge in [0.15, 0.2) is 0 Å². The van der Waals surface area contributed by atoms with Crippen molar-refractivity contribution in [2.75, 3.05) is 6.54 Å². The number of fused-ring (bicyclic) bond motifs is 2. The van der Waals surface area contributed by atoms with Crippen LogP contribution in [-0.4, -0.2) is 30.8 Å². The molecule has 0 amide bonds. The molecule has 2 rings (SSSR count). The van der Waals surface area contributed by atoms with Gasteiger partial charge in [-0.25, -0.2) is 0 Å². The highest BCUT2D eigenvalue weighted by Crippen LogP contribution is 2.39. The van der Waals surface area contributed by atoms with Crippen LogP contribution >= 0.6 is 0 Å². The molecule has 2 bridgehead atoms. The summed E-state index contributed by atoms with van der Waals surface area (Å²) in [7, 11) is 0. The molecule has 0 aromatic heterocycles. The molecule has 2 saturated heterocycles. The summed E-state index contributed by atoms with van der Waals surface area (Å²) in [5.41, 5.74) is 5.50. The van der Waals surface area contributed by atoms with Crippen molar-refractivity contribution in [3.63, 3.8) is 0 Å². The molecule has 0 spiro atoms. The standard InChI is InChI=1S/C11H19NO3/c1-2-7(6-12)15-11(13)9-5-8-3-4-10(9)14-8/h7-10H,2-6,12H2,1H3. The largest absolute Gasteiger partial charge is 0.461 e. The van der Waals surface area contributed by atoms with Gasteiger partial charge < -0.3 is 15.2 Å². The van der Waals surface area contributed by atoms with Crippen LogP contribution in [0.1, 0.15) is 32.6 Å². The van der Waals surface area contributed by atoms with Crippen molar-refractivity contribution in [1.82, 2.24) is 0 Å². The molecule has 15 heavy (non-hydrogen) atoms. The van der Waals surface area contributed by atoms with E-state index in [0.29, 0.717) is 12.6 Å². The van der Waals surface area contributed by atoms with Crippen LogP contribution in [0.5, 0.6) is 0 Å². The lowest BCUT2D eigenvalue weighted by Gasteiger charge is -2.20. The zero-order chi connectivity index (χ0) is 10.8. The van der Waals surface area contributed by atoms with Gasteiger partial charge in [0.25, 0.3) is 0 Å². The molecule has 4 heteroatoms. The zero-order valence-corrected chi connectivity index (χ0v) is 9.15.